The fourth-order valence-corrected chi connectivity index (χ4v) is 2.97. The third kappa shape index (κ3) is 4.37. The van der Waals surface area contributed by atoms with Crippen molar-refractivity contribution in [2.75, 3.05) is 13.1 Å². The minimum Gasteiger partial charge on any atom is -0.298 e. The molecule has 1 aliphatic rings. The molecule has 1 unspecified atom stereocenters. The molecule has 0 radical (unpaired) electrons. The number of Topliss-reactive ketones (excluding diaryl/α,β-unsaturated/α-hetero) is 2. The monoisotopic (exact) mass is 279 g/mol. The Balaban J connectivity index is 2.59. The van der Waals surface area contributed by atoms with Gasteiger partial charge >= 0.3 is 0 Å². The quantitative estimate of drug-likeness (QED) is 0.369. The Morgan fingerprint density at radius 3 is 2.65 bits per heavy atom. The largest absolute Gasteiger partial charge is 0.298 e. The topological polar surface area (TPSA) is 54.5 Å². The first kappa shape index (κ1) is 16.8. The Kier molecular flexibility index (Phi) is 6.27. The van der Waals surface area contributed by atoms with Crippen LogP contribution in [-0.4, -0.2) is 41.9 Å². The summed E-state index contributed by atoms with van der Waals surface area (Å²) in [6, 6.07) is -0.0752. The van der Waals surface area contributed by atoms with Crippen molar-refractivity contribution in [1.82, 2.24) is 4.90 Å². The first-order chi connectivity index (χ1) is 9.42. The van der Waals surface area contributed by atoms with Gasteiger partial charge in [0.05, 0.1) is 6.04 Å². The lowest BCUT2D eigenvalue weighted by Crippen LogP contribution is -2.43. The van der Waals surface area contributed by atoms with E-state index in [4.69, 9.17) is 0 Å². The van der Waals surface area contributed by atoms with Crippen LogP contribution in [-0.2, 0) is 14.4 Å². The third-order valence-corrected chi connectivity index (χ3v) is 4.05. The van der Waals surface area contributed by atoms with E-state index in [9.17, 15) is 14.4 Å². The molecule has 0 N–H and O–H groups in total. The summed E-state index contributed by atoms with van der Waals surface area (Å²) in [6.45, 7) is 9.49. The SMILES string of the molecule is C=CCCC(=O)C1N(CCCC(=O)C=O)CCC1(C)C. The number of hydrogen-bond acceptors (Lipinski definition) is 4. The van der Waals surface area contributed by atoms with E-state index in [1.165, 1.54) is 0 Å². The number of hydrogen-bond donors (Lipinski definition) is 0. The molecular formula is C16H25NO3. The van der Waals surface area contributed by atoms with Gasteiger partial charge in [-0.05, 0) is 37.8 Å². The van der Waals surface area contributed by atoms with E-state index < -0.39 is 0 Å². The zero-order valence-corrected chi connectivity index (χ0v) is 12.6. The molecule has 0 saturated carbocycles. The molecule has 4 heteroatoms. The Hall–Kier alpha value is -1.29. The molecule has 0 bridgehead atoms. The highest BCUT2D eigenvalue weighted by Crippen LogP contribution is 2.37. The van der Waals surface area contributed by atoms with Gasteiger partial charge in [-0.1, -0.05) is 19.9 Å². The Morgan fingerprint density at radius 1 is 1.35 bits per heavy atom. The lowest BCUT2D eigenvalue weighted by molar-refractivity contribution is -0.130. The second kappa shape index (κ2) is 7.48. The molecule has 20 heavy (non-hydrogen) atoms. The van der Waals surface area contributed by atoms with Crippen LogP contribution in [0.15, 0.2) is 12.7 Å². The van der Waals surface area contributed by atoms with E-state index >= 15 is 0 Å². The molecule has 1 heterocycles. The van der Waals surface area contributed by atoms with E-state index in [-0.39, 0.29) is 29.4 Å². The fraction of sp³-hybridized carbons (Fsp3) is 0.688. The smallest absolute Gasteiger partial charge is 0.195 e. The Labute approximate surface area is 121 Å². The summed E-state index contributed by atoms with van der Waals surface area (Å²) in [5, 5.41) is 0. The van der Waals surface area contributed by atoms with Crippen LogP contribution < -0.4 is 0 Å². The number of ketones is 2. The second-order valence-corrected chi connectivity index (χ2v) is 6.16. The minimum absolute atomic E-state index is 0.0209. The highest BCUT2D eigenvalue weighted by Gasteiger charge is 2.43. The number of carbonyl (C=O) groups is 3. The van der Waals surface area contributed by atoms with Crippen LogP contribution in [0.3, 0.4) is 0 Å². The molecule has 0 aromatic heterocycles. The van der Waals surface area contributed by atoms with E-state index in [0.717, 1.165) is 13.0 Å². The first-order valence-electron chi connectivity index (χ1n) is 7.28. The molecule has 112 valence electrons. The summed E-state index contributed by atoms with van der Waals surface area (Å²) in [6.07, 6.45) is 5.28. The average Bonchev–Trinajstić information content (AvgIpc) is 2.71. The number of nitrogens with zero attached hydrogens (tertiary/aromatic N) is 1. The van der Waals surface area contributed by atoms with Gasteiger partial charge in [0.15, 0.2) is 17.9 Å². The lowest BCUT2D eigenvalue weighted by atomic mass is 9.81. The fourth-order valence-electron chi connectivity index (χ4n) is 2.97. The first-order valence-corrected chi connectivity index (χ1v) is 7.28. The Bertz CT molecular complexity index is 387. The van der Waals surface area contributed by atoms with Gasteiger partial charge in [-0.3, -0.25) is 19.3 Å². The summed E-state index contributed by atoms with van der Waals surface area (Å²) in [5.41, 5.74) is -0.0209. The summed E-state index contributed by atoms with van der Waals surface area (Å²) < 4.78 is 0. The standard InChI is InChI=1S/C16H25NO3/c1-4-5-8-14(20)15-16(2,3)9-11-17(15)10-6-7-13(19)12-18/h4,12,15H,1,5-11H2,2-3H3. The summed E-state index contributed by atoms with van der Waals surface area (Å²) in [7, 11) is 0. The molecule has 1 saturated heterocycles. The molecule has 1 atom stereocenters. The molecule has 0 aromatic carbocycles. The highest BCUT2D eigenvalue weighted by molar-refractivity contribution is 6.24. The van der Waals surface area contributed by atoms with Gasteiger partial charge in [-0.2, -0.15) is 0 Å². The van der Waals surface area contributed by atoms with Gasteiger partial charge in [0.25, 0.3) is 0 Å². The van der Waals surface area contributed by atoms with E-state index in [1.807, 2.05) is 0 Å². The molecule has 1 aliphatic heterocycles. The van der Waals surface area contributed by atoms with Crippen LogP contribution in [0.25, 0.3) is 0 Å². The van der Waals surface area contributed by atoms with Crippen LogP contribution in [0.2, 0.25) is 0 Å². The van der Waals surface area contributed by atoms with E-state index in [0.29, 0.717) is 32.1 Å². The molecule has 0 aromatic rings. The molecule has 0 amide bonds. The van der Waals surface area contributed by atoms with Crippen LogP contribution in [0, 0.1) is 5.41 Å². The summed E-state index contributed by atoms with van der Waals surface area (Å²) in [4.78, 5) is 35.8. The lowest BCUT2D eigenvalue weighted by Gasteiger charge is -2.31. The molecular weight excluding hydrogens is 254 g/mol. The predicted octanol–water partition coefficient (Wildman–Crippen LogP) is 2.17. The van der Waals surface area contributed by atoms with Crippen molar-refractivity contribution in [2.45, 2.75) is 52.0 Å². The van der Waals surface area contributed by atoms with Gasteiger partial charge in [-0.25, -0.2) is 0 Å². The number of allylic oxidation sites excluding steroid dienone is 1. The number of carbonyl (C=O) groups excluding carboxylic acids is 3. The van der Waals surface area contributed by atoms with Crippen molar-refractivity contribution in [1.29, 1.82) is 0 Å². The van der Waals surface area contributed by atoms with Gasteiger partial charge < -0.3 is 0 Å². The Morgan fingerprint density at radius 2 is 2.05 bits per heavy atom. The second-order valence-electron chi connectivity index (χ2n) is 6.16. The van der Waals surface area contributed by atoms with Crippen LogP contribution in [0.1, 0.15) is 46.0 Å². The summed E-state index contributed by atoms with van der Waals surface area (Å²) in [5.74, 6) is -0.105. The van der Waals surface area contributed by atoms with Crippen molar-refractivity contribution >= 4 is 17.9 Å². The zero-order chi connectivity index (χ0) is 15.2. The van der Waals surface area contributed by atoms with Crippen LogP contribution in [0.5, 0.6) is 0 Å². The number of rotatable bonds is 9. The van der Waals surface area contributed by atoms with Crippen molar-refractivity contribution in [2.24, 2.45) is 5.41 Å². The maximum absolute atomic E-state index is 12.4. The van der Waals surface area contributed by atoms with Crippen molar-refractivity contribution in [3.8, 4) is 0 Å². The maximum atomic E-state index is 12.4. The van der Waals surface area contributed by atoms with Gasteiger partial charge in [0.1, 0.15) is 0 Å². The van der Waals surface area contributed by atoms with Gasteiger partial charge in [0.2, 0.25) is 0 Å². The van der Waals surface area contributed by atoms with Crippen molar-refractivity contribution < 1.29 is 14.4 Å². The number of aldehydes is 1. The number of likely N-dealkylation sites (tertiary alicyclic amines) is 1. The minimum atomic E-state index is -0.363. The predicted molar refractivity (Wildman–Crippen MR) is 78.5 cm³/mol. The van der Waals surface area contributed by atoms with Crippen molar-refractivity contribution in [3.05, 3.63) is 12.7 Å². The van der Waals surface area contributed by atoms with Crippen LogP contribution >= 0.6 is 0 Å². The van der Waals surface area contributed by atoms with Crippen LogP contribution in [0.4, 0.5) is 0 Å². The third-order valence-electron chi connectivity index (χ3n) is 4.05. The normalized spacial score (nSPS) is 21.6. The van der Waals surface area contributed by atoms with Gasteiger partial charge in [-0.15, -0.1) is 6.58 Å². The molecule has 4 nitrogen and oxygen atoms in total. The molecule has 1 fully saturated rings. The molecule has 0 aliphatic carbocycles. The van der Waals surface area contributed by atoms with E-state index in [1.54, 1.807) is 6.08 Å². The molecule has 0 spiro atoms. The average molecular weight is 279 g/mol. The maximum Gasteiger partial charge on any atom is 0.195 e. The summed E-state index contributed by atoms with van der Waals surface area (Å²) >= 11 is 0. The molecule has 1 rings (SSSR count). The van der Waals surface area contributed by atoms with E-state index in [2.05, 4.69) is 25.3 Å². The zero-order valence-electron chi connectivity index (χ0n) is 12.6. The van der Waals surface area contributed by atoms with Crippen molar-refractivity contribution in [3.63, 3.8) is 0 Å². The highest BCUT2D eigenvalue weighted by atomic mass is 16.2. The van der Waals surface area contributed by atoms with Gasteiger partial charge in [0, 0.05) is 12.8 Å².